The fourth-order valence-corrected chi connectivity index (χ4v) is 52.9. The van der Waals surface area contributed by atoms with Gasteiger partial charge >= 0.3 is 0 Å². The van der Waals surface area contributed by atoms with Crippen LogP contribution < -0.4 is 0 Å². The fourth-order valence-electron chi connectivity index (χ4n) is 13.7. The molecule has 0 radical (unpaired) electrons. The first-order chi connectivity index (χ1) is 29.3. The van der Waals surface area contributed by atoms with Crippen LogP contribution in [0.2, 0.25) is 58.9 Å². The van der Waals surface area contributed by atoms with E-state index in [2.05, 4.69) is 202 Å². The molecule has 4 aliphatic carbocycles. The Hall–Kier alpha value is -2.89. The Morgan fingerprint density at radius 2 is 0.969 bits per heavy atom. The first-order valence-electron chi connectivity index (χ1n) is 25.0. The predicted molar refractivity (Wildman–Crippen MR) is 293 cm³/mol. The molecular weight excluding hydrogens is 837 g/mol. The number of benzene rings is 3. The highest BCUT2D eigenvalue weighted by molar-refractivity contribution is 7.73. The molecule has 0 aliphatic heterocycles. The molecule has 0 unspecified atom stereocenters. The minimum Gasteiger partial charge on any atom is -0.547 e. The zero-order valence-electron chi connectivity index (χ0n) is 44.7. The molecule has 64 heavy (non-hydrogen) atoms. The highest BCUT2D eigenvalue weighted by atomic mass is 29.6. The van der Waals surface area contributed by atoms with Crippen molar-refractivity contribution in [3.63, 3.8) is 0 Å². The summed E-state index contributed by atoms with van der Waals surface area (Å²) in [5.41, 5.74) is 28.0. The van der Waals surface area contributed by atoms with Gasteiger partial charge in [0.2, 0.25) is 8.32 Å². The van der Waals surface area contributed by atoms with Crippen molar-refractivity contribution in [3.8, 4) is 11.5 Å². The standard InChI is InChI=1S/C59H88OSi4/c1-39-24-42(4)53(43(5)25-39)22-23-64(62(16,17)18,63(19,20)21)38-52(56-46(8)28-41(3)29-47(56)9)33-51(55-44(6)26-40(2)27-45(55)7)34-54(58(10,11)12)57(60-61(13,14)15)59-35-48-30-49(36-59)32-50(31-48)37-59/h24-29,34,38,48-50H,30-33,35-37H2,1-21H3/b51-34?,52-38+,57-54-. The molecule has 0 atom stereocenters. The average molecular weight is 926 g/mol. The topological polar surface area (TPSA) is 9.23 Å². The Labute approximate surface area is 397 Å². The third kappa shape index (κ3) is 10.5. The van der Waals surface area contributed by atoms with Crippen molar-refractivity contribution in [3.05, 3.63) is 126 Å². The number of aryl methyl sites for hydroxylation is 9. The molecule has 346 valence electrons. The molecule has 3 aromatic carbocycles. The van der Waals surface area contributed by atoms with Crippen LogP contribution >= 0.6 is 0 Å². The van der Waals surface area contributed by atoms with Crippen molar-refractivity contribution in [2.75, 3.05) is 0 Å². The summed E-state index contributed by atoms with van der Waals surface area (Å²) in [4.78, 5) is 0. The molecule has 4 aliphatic rings. The van der Waals surface area contributed by atoms with Gasteiger partial charge in [-0.15, -0.1) is 5.54 Å². The van der Waals surface area contributed by atoms with Gasteiger partial charge in [-0.2, -0.15) is 0 Å². The quantitative estimate of drug-likeness (QED) is 0.0806. The molecule has 0 spiro atoms. The van der Waals surface area contributed by atoms with Crippen LogP contribution in [-0.2, 0) is 4.43 Å². The third-order valence-electron chi connectivity index (χ3n) is 15.5. The summed E-state index contributed by atoms with van der Waals surface area (Å²) in [6.45, 7) is 51.4. The second-order valence-electron chi connectivity index (χ2n) is 25.8. The molecule has 5 heteroatoms. The molecule has 0 N–H and O–H groups in total. The summed E-state index contributed by atoms with van der Waals surface area (Å²) in [5, 5.41) is 0. The monoisotopic (exact) mass is 925 g/mol. The highest BCUT2D eigenvalue weighted by Crippen LogP contribution is 2.64. The van der Waals surface area contributed by atoms with E-state index in [1.165, 1.54) is 128 Å². The van der Waals surface area contributed by atoms with Crippen LogP contribution in [0.4, 0.5) is 0 Å². The van der Waals surface area contributed by atoms with Crippen LogP contribution in [0.1, 0.15) is 132 Å². The number of hydrogen-bond acceptors (Lipinski definition) is 1. The van der Waals surface area contributed by atoms with Crippen LogP contribution in [0, 0.1) is 102 Å². The summed E-state index contributed by atoms with van der Waals surface area (Å²) in [6.07, 6.45) is 11.8. The maximum Gasteiger partial charge on any atom is 0.241 e. The molecule has 0 aromatic heterocycles. The van der Waals surface area contributed by atoms with Gasteiger partial charge in [0.05, 0.1) is 20.9 Å². The van der Waals surface area contributed by atoms with E-state index in [-0.39, 0.29) is 10.8 Å². The summed E-state index contributed by atoms with van der Waals surface area (Å²) >= 11 is 0. The van der Waals surface area contributed by atoms with E-state index in [1.54, 1.807) is 0 Å². The van der Waals surface area contributed by atoms with Crippen LogP contribution in [0.3, 0.4) is 0 Å². The normalized spacial score (nSPS) is 22.4. The second-order valence-corrected chi connectivity index (χ2v) is 56.6. The Morgan fingerprint density at radius 3 is 1.33 bits per heavy atom. The van der Waals surface area contributed by atoms with Crippen molar-refractivity contribution in [1.82, 2.24) is 0 Å². The number of rotatable bonds is 11. The summed E-state index contributed by atoms with van der Waals surface area (Å²) in [6, 6.07) is 14.4. The van der Waals surface area contributed by atoms with Crippen molar-refractivity contribution in [2.45, 2.75) is 187 Å². The molecule has 0 heterocycles. The minimum atomic E-state index is -2.43. The van der Waals surface area contributed by atoms with Crippen molar-refractivity contribution >= 4 is 41.8 Å². The maximum atomic E-state index is 7.70. The van der Waals surface area contributed by atoms with E-state index >= 15 is 0 Å². The molecular formula is C59H88OSi4. The molecule has 1 nitrogen and oxygen atoms in total. The molecule has 0 amide bonds. The SMILES string of the molecule is Cc1cc(C)c(C#C[Si](/C=C(\CC(=C/C(=C(/O[Si](C)(C)C)C23CC4CC(CC(C4)C2)C3)C(C)(C)C)c2c(C)cc(C)cc2C)c2c(C)cc(C)cc2C)([Si](C)(C)C)[Si](C)(C)C)c(C)c1. The van der Waals surface area contributed by atoms with E-state index in [1.807, 2.05) is 0 Å². The first kappa shape index (κ1) is 50.5. The second kappa shape index (κ2) is 18.0. The van der Waals surface area contributed by atoms with Gasteiger partial charge in [-0.1, -0.05) is 131 Å². The summed E-state index contributed by atoms with van der Waals surface area (Å²) in [7, 11) is -8.26. The number of hydrogen-bond donors (Lipinski definition) is 0. The van der Waals surface area contributed by atoms with Gasteiger partial charge in [0.1, 0.15) is 7.11 Å². The molecule has 4 fully saturated rings. The lowest BCUT2D eigenvalue weighted by Crippen LogP contribution is -2.70. The maximum absolute atomic E-state index is 7.70. The van der Waals surface area contributed by atoms with Crippen LogP contribution in [-0.4, -0.2) is 30.6 Å². The van der Waals surface area contributed by atoms with Gasteiger partial charge in [-0.3, -0.25) is 0 Å². The first-order valence-corrected chi connectivity index (χ1v) is 39.5. The van der Waals surface area contributed by atoms with Gasteiger partial charge in [0, 0.05) is 11.0 Å². The van der Waals surface area contributed by atoms with E-state index in [0.717, 1.165) is 24.2 Å². The lowest BCUT2D eigenvalue weighted by Gasteiger charge is -2.58. The molecule has 7 rings (SSSR count). The third-order valence-corrected chi connectivity index (χ3v) is 51.7. The van der Waals surface area contributed by atoms with Gasteiger partial charge in [-0.05, 0) is 211 Å². The lowest BCUT2D eigenvalue weighted by atomic mass is 9.48. The number of allylic oxidation sites excluding steroid dienone is 5. The molecule has 3 aromatic rings. The Kier molecular flexibility index (Phi) is 14.2. The average Bonchev–Trinajstić information content (AvgIpc) is 3.08. The van der Waals surface area contributed by atoms with Gasteiger partial charge in [-0.25, -0.2) is 0 Å². The molecule has 4 saturated carbocycles. The summed E-state index contributed by atoms with van der Waals surface area (Å²) < 4.78 is 7.70. The van der Waals surface area contributed by atoms with E-state index in [4.69, 9.17) is 4.43 Å². The van der Waals surface area contributed by atoms with E-state index in [9.17, 15) is 0 Å². The Balaban J connectivity index is 1.76. The van der Waals surface area contributed by atoms with Crippen LogP contribution in [0.15, 0.2) is 59.5 Å². The van der Waals surface area contributed by atoms with Gasteiger partial charge < -0.3 is 4.43 Å². The minimum absolute atomic E-state index is 0.111. The van der Waals surface area contributed by atoms with Crippen molar-refractivity contribution < 1.29 is 4.43 Å². The molecule has 4 bridgehead atoms. The van der Waals surface area contributed by atoms with Crippen molar-refractivity contribution in [1.29, 1.82) is 0 Å². The van der Waals surface area contributed by atoms with Crippen LogP contribution in [0.5, 0.6) is 0 Å². The van der Waals surface area contributed by atoms with Gasteiger partial charge in [0.25, 0.3) is 0 Å². The van der Waals surface area contributed by atoms with E-state index in [0.29, 0.717) is 0 Å². The lowest BCUT2D eigenvalue weighted by molar-refractivity contribution is -0.0499. The van der Waals surface area contributed by atoms with Gasteiger partial charge in [0.15, 0.2) is 0 Å². The predicted octanol–water partition coefficient (Wildman–Crippen LogP) is 17.1. The molecule has 0 saturated heterocycles. The zero-order valence-corrected chi connectivity index (χ0v) is 48.7. The fraction of sp³-hybridized carbons (Fsp3) is 0.559. The highest BCUT2D eigenvalue weighted by Gasteiger charge is 2.56. The Bertz CT molecular complexity index is 2330. The zero-order chi connectivity index (χ0) is 47.7. The smallest absolute Gasteiger partial charge is 0.241 e. The Morgan fingerprint density at radius 1 is 0.594 bits per heavy atom. The van der Waals surface area contributed by atoms with Crippen molar-refractivity contribution in [2.24, 2.45) is 28.6 Å². The van der Waals surface area contributed by atoms with E-state index < -0.39 is 30.6 Å². The summed E-state index contributed by atoms with van der Waals surface area (Å²) in [5.74, 6) is 7.93. The largest absolute Gasteiger partial charge is 0.547 e. The van der Waals surface area contributed by atoms with Crippen LogP contribution in [0.25, 0.3) is 11.1 Å².